The molecule has 1 saturated heterocycles. The minimum Gasteiger partial charge on any atom is -0.470 e. The summed E-state index contributed by atoms with van der Waals surface area (Å²) >= 11 is 1.59. The maximum Gasteiger partial charge on any atom is 0.273 e. The average Bonchev–Trinajstić information content (AvgIpc) is 2.63. The predicted molar refractivity (Wildman–Crippen MR) is 57.9 cm³/mol. The molecule has 78 valence electrons. The molecule has 0 spiro atoms. The number of thiazole rings is 1. The molecule has 0 saturated carbocycles. The predicted octanol–water partition coefficient (Wildman–Crippen LogP) is 1.83. The van der Waals surface area contributed by atoms with E-state index in [1.807, 2.05) is 12.3 Å². The highest BCUT2D eigenvalue weighted by Crippen LogP contribution is 2.19. The van der Waals surface area contributed by atoms with Gasteiger partial charge in [0, 0.05) is 5.38 Å². The molecular formula is C10H16N2OS. The monoisotopic (exact) mass is 212 g/mol. The van der Waals surface area contributed by atoms with Crippen molar-refractivity contribution in [2.45, 2.75) is 19.8 Å². The molecule has 0 bridgehead atoms. The van der Waals surface area contributed by atoms with Gasteiger partial charge in [0.2, 0.25) is 0 Å². The van der Waals surface area contributed by atoms with Crippen LogP contribution in [0, 0.1) is 12.8 Å². The minimum absolute atomic E-state index is 0.709. The lowest BCUT2D eigenvalue weighted by molar-refractivity contribution is 0.214. The quantitative estimate of drug-likeness (QED) is 0.830. The van der Waals surface area contributed by atoms with Crippen molar-refractivity contribution in [2.75, 3.05) is 19.7 Å². The van der Waals surface area contributed by atoms with Crippen LogP contribution in [-0.2, 0) is 0 Å². The van der Waals surface area contributed by atoms with Gasteiger partial charge in [-0.3, -0.25) is 0 Å². The number of hydrogen-bond acceptors (Lipinski definition) is 4. The van der Waals surface area contributed by atoms with Gasteiger partial charge in [-0.05, 0) is 38.8 Å². The van der Waals surface area contributed by atoms with E-state index in [2.05, 4.69) is 10.3 Å². The van der Waals surface area contributed by atoms with Crippen LogP contribution in [-0.4, -0.2) is 24.7 Å². The second kappa shape index (κ2) is 4.75. The Morgan fingerprint density at radius 2 is 2.36 bits per heavy atom. The molecule has 0 aromatic carbocycles. The van der Waals surface area contributed by atoms with E-state index in [1.54, 1.807) is 11.3 Å². The Bertz CT molecular complexity index is 281. The van der Waals surface area contributed by atoms with Gasteiger partial charge in [-0.25, -0.2) is 4.98 Å². The van der Waals surface area contributed by atoms with Gasteiger partial charge in [-0.2, -0.15) is 0 Å². The lowest BCUT2D eigenvalue weighted by atomic mass is 9.99. The number of nitrogens with one attached hydrogen (secondary N) is 1. The van der Waals surface area contributed by atoms with Gasteiger partial charge in [0.05, 0.1) is 12.3 Å². The number of ether oxygens (including phenoxy) is 1. The van der Waals surface area contributed by atoms with E-state index < -0.39 is 0 Å². The molecule has 0 atom stereocenters. The fourth-order valence-electron chi connectivity index (χ4n) is 1.64. The Morgan fingerprint density at radius 1 is 1.57 bits per heavy atom. The summed E-state index contributed by atoms with van der Waals surface area (Å²) < 4.78 is 5.65. The summed E-state index contributed by atoms with van der Waals surface area (Å²) in [4.78, 5) is 4.28. The zero-order chi connectivity index (χ0) is 9.80. The molecular weight excluding hydrogens is 196 g/mol. The summed E-state index contributed by atoms with van der Waals surface area (Å²) in [5, 5.41) is 6.19. The van der Waals surface area contributed by atoms with Crippen LogP contribution in [0.4, 0.5) is 0 Å². The van der Waals surface area contributed by atoms with Crippen LogP contribution in [0.1, 0.15) is 18.5 Å². The Morgan fingerprint density at radius 3 is 3.00 bits per heavy atom. The molecule has 1 fully saturated rings. The Kier molecular flexibility index (Phi) is 3.37. The van der Waals surface area contributed by atoms with Gasteiger partial charge < -0.3 is 10.1 Å². The summed E-state index contributed by atoms with van der Waals surface area (Å²) in [6.45, 7) is 5.08. The molecule has 14 heavy (non-hydrogen) atoms. The highest BCUT2D eigenvalue weighted by molar-refractivity contribution is 7.11. The highest BCUT2D eigenvalue weighted by atomic mass is 32.1. The molecule has 1 aromatic rings. The summed E-state index contributed by atoms with van der Waals surface area (Å²) in [6.07, 6.45) is 2.45. The third-order valence-electron chi connectivity index (χ3n) is 2.50. The molecule has 0 unspecified atom stereocenters. The first-order chi connectivity index (χ1) is 6.84. The van der Waals surface area contributed by atoms with E-state index in [0.717, 1.165) is 30.6 Å². The van der Waals surface area contributed by atoms with E-state index in [0.29, 0.717) is 5.92 Å². The normalized spacial score (nSPS) is 18.4. The van der Waals surface area contributed by atoms with E-state index in [4.69, 9.17) is 4.74 Å². The Balaban J connectivity index is 1.76. The third-order valence-corrected chi connectivity index (χ3v) is 3.37. The number of piperidine rings is 1. The van der Waals surface area contributed by atoms with E-state index >= 15 is 0 Å². The molecule has 4 heteroatoms. The van der Waals surface area contributed by atoms with Gasteiger partial charge in [-0.1, -0.05) is 11.3 Å². The van der Waals surface area contributed by atoms with Crippen molar-refractivity contribution in [3.63, 3.8) is 0 Å². The molecule has 1 N–H and O–H groups in total. The van der Waals surface area contributed by atoms with Gasteiger partial charge in [-0.15, -0.1) is 0 Å². The molecule has 3 nitrogen and oxygen atoms in total. The number of hydrogen-bond donors (Lipinski definition) is 1. The number of rotatable bonds is 3. The second-order valence-electron chi connectivity index (χ2n) is 3.76. The van der Waals surface area contributed by atoms with Crippen molar-refractivity contribution in [3.8, 4) is 5.19 Å². The first-order valence-electron chi connectivity index (χ1n) is 5.10. The first-order valence-corrected chi connectivity index (χ1v) is 5.98. The molecule has 0 aliphatic carbocycles. The van der Waals surface area contributed by atoms with Crippen molar-refractivity contribution in [2.24, 2.45) is 5.92 Å². The van der Waals surface area contributed by atoms with Gasteiger partial charge in [0.15, 0.2) is 0 Å². The lowest BCUT2D eigenvalue weighted by Crippen LogP contribution is -2.30. The van der Waals surface area contributed by atoms with E-state index in [1.165, 1.54) is 12.8 Å². The van der Waals surface area contributed by atoms with Crippen LogP contribution in [0.5, 0.6) is 5.19 Å². The Hall–Kier alpha value is -0.610. The van der Waals surface area contributed by atoms with Crippen molar-refractivity contribution < 1.29 is 4.74 Å². The minimum atomic E-state index is 0.709. The smallest absolute Gasteiger partial charge is 0.273 e. The largest absolute Gasteiger partial charge is 0.470 e. The topological polar surface area (TPSA) is 34.1 Å². The highest BCUT2D eigenvalue weighted by Gasteiger charge is 2.14. The van der Waals surface area contributed by atoms with Crippen molar-refractivity contribution >= 4 is 11.3 Å². The van der Waals surface area contributed by atoms with E-state index in [9.17, 15) is 0 Å². The molecule has 2 heterocycles. The number of nitrogens with zero attached hydrogens (tertiary/aromatic N) is 1. The molecule has 2 rings (SSSR count). The zero-order valence-electron chi connectivity index (χ0n) is 8.45. The van der Waals surface area contributed by atoms with Gasteiger partial charge in [0.1, 0.15) is 0 Å². The summed E-state index contributed by atoms with van der Waals surface area (Å²) in [6, 6.07) is 0. The fourth-order valence-corrected chi connectivity index (χ4v) is 2.29. The van der Waals surface area contributed by atoms with Gasteiger partial charge >= 0.3 is 0 Å². The van der Waals surface area contributed by atoms with E-state index in [-0.39, 0.29) is 0 Å². The van der Waals surface area contributed by atoms with Gasteiger partial charge in [0.25, 0.3) is 5.19 Å². The van der Waals surface area contributed by atoms with Crippen LogP contribution in [0.3, 0.4) is 0 Å². The van der Waals surface area contributed by atoms with Crippen molar-refractivity contribution in [1.82, 2.24) is 10.3 Å². The standard InChI is InChI=1S/C10H16N2OS/c1-8-7-14-10(12-8)13-6-9-2-4-11-5-3-9/h7,9,11H,2-6H2,1H3. The Labute approximate surface area is 88.5 Å². The molecule has 1 aliphatic rings. The SMILES string of the molecule is Cc1csc(OCC2CCNCC2)n1. The van der Waals surface area contributed by atoms with Crippen LogP contribution in [0.2, 0.25) is 0 Å². The number of aryl methyl sites for hydroxylation is 1. The molecule has 0 amide bonds. The second-order valence-corrected chi connectivity index (χ2v) is 4.58. The van der Waals surface area contributed by atoms with Crippen LogP contribution < -0.4 is 10.1 Å². The van der Waals surface area contributed by atoms with Crippen LogP contribution in [0.25, 0.3) is 0 Å². The van der Waals surface area contributed by atoms with Crippen LogP contribution >= 0.6 is 11.3 Å². The average molecular weight is 212 g/mol. The zero-order valence-corrected chi connectivity index (χ0v) is 9.27. The van der Waals surface area contributed by atoms with Crippen molar-refractivity contribution in [3.05, 3.63) is 11.1 Å². The maximum absolute atomic E-state index is 5.65. The lowest BCUT2D eigenvalue weighted by Gasteiger charge is -2.21. The van der Waals surface area contributed by atoms with Crippen molar-refractivity contribution in [1.29, 1.82) is 0 Å². The molecule has 1 aromatic heterocycles. The molecule has 0 radical (unpaired) electrons. The van der Waals surface area contributed by atoms with Crippen LogP contribution in [0.15, 0.2) is 5.38 Å². The summed E-state index contributed by atoms with van der Waals surface area (Å²) in [5.74, 6) is 0.709. The number of aromatic nitrogens is 1. The maximum atomic E-state index is 5.65. The summed E-state index contributed by atoms with van der Waals surface area (Å²) in [7, 11) is 0. The first kappa shape index (κ1) is 9.93. The fraction of sp³-hybridized carbons (Fsp3) is 0.700. The third kappa shape index (κ3) is 2.69. The summed E-state index contributed by atoms with van der Waals surface area (Å²) in [5.41, 5.74) is 1.05. The molecule has 1 aliphatic heterocycles.